The van der Waals surface area contributed by atoms with Crippen LogP contribution in [0, 0.1) is 5.82 Å². The predicted octanol–water partition coefficient (Wildman–Crippen LogP) is 4.20. The molecule has 8 nitrogen and oxygen atoms in total. The number of nitrogens with one attached hydrogen (secondary N) is 1. The Labute approximate surface area is 210 Å². The Bertz CT molecular complexity index is 1360. The van der Waals surface area contributed by atoms with Crippen molar-refractivity contribution in [2.24, 2.45) is 5.10 Å². The Morgan fingerprint density at radius 2 is 1.83 bits per heavy atom. The summed E-state index contributed by atoms with van der Waals surface area (Å²) in [5, 5.41) is 4.24. The Morgan fingerprint density at radius 3 is 2.57 bits per heavy atom. The van der Waals surface area contributed by atoms with Crippen LogP contribution in [0.25, 0.3) is 0 Å². The standard InChI is InChI=1S/C23H18Cl2FN3O5S/c24-16-5-7-17(8-6-16)35(31,32)29(12-18-19(25)2-1-3-20(18)26)13-23(30)28-27-11-15-4-9-21-22(10-15)34-14-33-21/h1-11H,12-14H2,(H,28,30)/b27-11-. The summed E-state index contributed by atoms with van der Waals surface area (Å²) in [6.45, 7) is -1.000. The highest BCUT2D eigenvalue weighted by molar-refractivity contribution is 7.89. The zero-order chi connectivity index (χ0) is 25.0. The molecule has 0 saturated heterocycles. The molecule has 0 unspecified atom stereocenters. The van der Waals surface area contributed by atoms with E-state index in [1.165, 1.54) is 42.6 Å². The Hall–Kier alpha value is -3.18. The number of rotatable bonds is 8. The zero-order valence-corrected chi connectivity index (χ0v) is 20.3. The molecule has 1 aliphatic rings. The van der Waals surface area contributed by atoms with Crippen LogP contribution in [0.5, 0.6) is 11.5 Å². The van der Waals surface area contributed by atoms with Crippen molar-refractivity contribution in [2.45, 2.75) is 11.4 Å². The van der Waals surface area contributed by atoms with E-state index in [1.54, 1.807) is 18.2 Å². The lowest BCUT2D eigenvalue weighted by Crippen LogP contribution is -2.39. The molecule has 0 bridgehead atoms. The number of benzene rings is 3. The van der Waals surface area contributed by atoms with Gasteiger partial charge in [-0.2, -0.15) is 9.41 Å². The second-order valence-electron chi connectivity index (χ2n) is 7.33. The molecular weight excluding hydrogens is 520 g/mol. The SMILES string of the molecule is O=C(CN(Cc1c(F)cccc1Cl)S(=O)(=O)c1ccc(Cl)cc1)N/N=C\c1ccc2c(c1)OCO2. The molecule has 182 valence electrons. The van der Waals surface area contributed by atoms with E-state index in [2.05, 4.69) is 10.5 Å². The van der Waals surface area contributed by atoms with Crippen molar-refractivity contribution in [2.75, 3.05) is 13.3 Å². The third-order valence-corrected chi connectivity index (χ3v) is 7.38. The molecule has 0 aliphatic carbocycles. The summed E-state index contributed by atoms with van der Waals surface area (Å²) in [5.41, 5.74) is 2.84. The summed E-state index contributed by atoms with van der Waals surface area (Å²) in [4.78, 5) is 12.5. The number of carbonyl (C=O) groups is 1. The summed E-state index contributed by atoms with van der Waals surface area (Å²) in [7, 11) is -4.22. The molecule has 0 spiro atoms. The normalized spacial score (nSPS) is 12.9. The van der Waals surface area contributed by atoms with Gasteiger partial charge < -0.3 is 9.47 Å². The lowest BCUT2D eigenvalue weighted by atomic mass is 10.2. The molecule has 1 amide bonds. The summed E-state index contributed by atoms with van der Waals surface area (Å²) < 4.78 is 52.3. The van der Waals surface area contributed by atoms with E-state index in [-0.39, 0.29) is 22.3 Å². The van der Waals surface area contributed by atoms with Crippen molar-refractivity contribution < 1.29 is 27.1 Å². The third-order valence-electron chi connectivity index (χ3n) is 4.97. The summed E-state index contributed by atoms with van der Waals surface area (Å²) in [6, 6.07) is 14.5. The minimum atomic E-state index is -4.22. The van der Waals surface area contributed by atoms with Gasteiger partial charge in [0.15, 0.2) is 11.5 Å². The van der Waals surface area contributed by atoms with Gasteiger partial charge in [0, 0.05) is 22.2 Å². The fourth-order valence-corrected chi connectivity index (χ4v) is 4.92. The number of sulfonamides is 1. The molecule has 4 rings (SSSR count). The van der Waals surface area contributed by atoms with Crippen molar-refractivity contribution in [1.29, 1.82) is 0 Å². The first-order valence-corrected chi connectivity index (χ1v) is 12.3. The highest BCUT2D eigenvalue weighted by Crippen LogP contribution is 2.32. The number of hydrogen-bond donors (Lipinski definition) is 1. The Kier molecular flexibility index (Phi) is 7.56. The highest BCUT2D eigenvalue weighted by atomic mass is 35.5. The fourth-order valence-electron chi connectivity index (χ4n) is 3.21. The van der Waals surface area contributed by atoms with Crippen LogP contribution in [0.3, 0.4) is 0 Å². The Balaban J connectivity index is 1.53. The van der Waals surface area contributed by atoms with E-state index in [4.69, 9.17) is 32.7 Å². The van der Waals surface area contributed by atoms with Crippen LogP contribution in [0.4, 0.5) is 4.39 Å². The minimum absolute atomic E-state index is 0.0301. The van der Waals surface area contributed by atoms with E-state index in [0.717, 1.165) is 10.4 Å². The largest absolute Gasteiger partial charge is 0.454 e. The molecular formula is C23H18Cl2FN3O5S. The topological polar surface area (TPSA) is 97.3 Å². The highest BCUT2D eigenvalue weighted by Gasteiger charge is 2.28. The van der Waals surface area contributed by atoms with Gasteiger partial charge in [0.1, 0.15) is 5.82 Å². The van der Waals surface area contributed by atoms with Crippen molar-refractivity contribution in [3.8, 4) is 11.5 Å². The molecule has 1 heterocycles. The van der Waals surface area contributed by atoms with E-state index in [9.17, 15) is 17.6 Å². The van der Waals surface area contributed by atoms with Gasteiger partial charge in [0.25, 0.3) is 5.91 Å². The van der Waals surface area contributed by atoms with Crippen LogP contribution in [-0.2, 0) is 21.4 Å². The van der Waals surface area contributed by atoms with Crippen molar-refractivity contribution >= 4 is 45.3 Å². The molecule has 1 aliphatic heterocycles. The lowest BCUT2D eigenvalue weighted by molar-refractivity contribution is -0.121. The first kappa shape index (κ1) is 24.9. The van der Waals surface area contributed by atoms with Gasteiger partial charge in [-0.05, 0) is 60.2 Å². The number of amides is 1. The summed E-state index contributed by atoms with van der Waals surface area (Å²) >= 11 is 12.0. The monoisotopic (exact) mass is 537 g/mol. The van der Waals surface area contributed by atoms with Crippen LogP contribution >= 0.6 is 23.2 Å². The average Bonchev–Trinajstić information content (AvgIpc) is 3.29. The third kappa shape index (κ3) is 5.91. The number of nitrogens with zero attached hydrogens (tertiary/aromatic N) is 2. The first-order chi connectivity index (χ1) is 16.7. The van der Waals surface area contributed by atoms with E-state index >= 15 is 0 Å². The quantitative estimate of drug-likeness (QED) is 0.343. The van der Waals surface area contributed by atoms with Gasteiger partial charge in [-0.3, -0.25) is 4.79 Å². The van der Waals surface area contributed by atoms with Gasteiger partial charge in [0.05, 0.1) is 17.7 Å². The molecule has 12 heteroatoms. The summed E-state index contributed by atoms with van der Waals surface area (Å²) in [5.74, 6) is -0.301. The van der Waals surface area contributed by atoms with Crippen LogP contribution in [-0.4, -0.2) is 38.2 Å². The number of hydrazone groups is 1. The minimum Gasteiger partial charge on any atom is -0.454 e. The van der Waals surface area contributed by atoms with Crippen LogP contribution in [0.1, 0.15) is 11.1 Å². The molecule has 0 saturated carbocycles. The second-order valence-corrected chi connectivity index (χ2v) is 10.1. The van der Waals surface area contributed by atoms with Gasteiger partial charge in [-0.1, -0.05) is 29.3 Å². The molecule has 3 aromatic rings. The molecule has 0 aromatic heterocycles. The van der Waals surface area contributed by atoms with Crippen molar-refractivity contribution in [1.82, 2.24) is 9.73 Å². The summed E-state index contributed by atoms with van der Waals surface area (Å²) in [6.07, 6.45) is 1.37. The lowest BCUT2D eigenvalue weighted by Gasteiger charge is -2.22. The van der Waals surface area contributed by atoms with E-state index in [1.807, 2.05) is 0 Å². The first-order valence-electron chi connectivity index (χ1n) is 10.1. The average molecular weight is 538 g/mol. The number of carbonyl (C=O) groups excluding carboxylic acids is 1. The van der Waals surface area contributed by atoms with Gasteiger partial charge in [0.2, 0.25) is 16.8 Å². The molecule has 0 radical (unpaired) electrons. The fraction of sp³-hybridized carbons (Fsp3) is 0.130. The van der Waals surface area contributed by atoms with E-state index < -0.39 is 34.8 Å². The number of ether oxygens (including phenoxy) is 2. The van der Waals surface area contributed by atoms with Crippen LogP contribution in [0.15, 0.2) is 70.7 Å². The zero-order valence-electron chi connectivity index (χ0n) is 17.9. The van der Waals surface area contributed by atoms with Crippen LogP contribution in [0.2, 0.25) is 10.0 Å². The number of fused-ring (bicyclic) bond motifs is 1. The maximum atomic E-state index is 14.4. The second kappa shape index (κ2) is 10.6. The number of hydrogen-bond acceptors (Lipinski definition) is 6. The molecule has 0 fully saturated rings. The maximum Gasteiger partial charge on any atom is 0.255 e. The number of halogens is 3. The smallest absolute Gasteiger partial charge is 0.255 e. The van der Waals surface area contributed by atoms with Crippen LogP contribution < -0.4 is 14.9 Å². The van der Waals surface area contributed by atoms with Gasteiger partial charge in [-0.15, -0.1) is 0 Å². The van der Waals surface area contributed by atoms with Crippen molar-refractivity contribution in [3.05, 3.63) is 87.7 Å². The molecule has 0 atom stereocenters. The van der Waals surface area contributed by atoms with Gasteiger partial charge >= 0.3 is 0 Å². The molecule has 35 heavy (non-hydrogen) atoms. The van der Waals surface area contributed by atoms with Gasteiger partial charge in [-0.25, -0.2) is 18.2 Å². The maximum absolute atomic E-state index is 14.4. The Morgan fingerprint density at radius 1 is 1.09 bits per heavy atom. The van der Waals surface area contributed by atoms with Crippen molar-refractivity contribution in [3.63, 3.8) is 0 Å². The molecule has 1 N–H and O–H groups in total. The van der Waals surface area contributed by atoms with E-state index in [0.29, 0.717) is 22.1 Å². The molecule has 3 aromatic carbocycles. The predicted molar refractivity (Wildman–Crippen MR) is 129 cm³/mol.